The van der Waals surface area contributed by atoms with Gasteiger partial charge in [0.1, 0.15) is 0 Å². The van der Waals surface area contributed by atoms with Crippen molar-refractivity contribution in [2.75, 3.05) is 23.3 Å². The van der Waals surface area contributed by atoms with E-state index in [0.29, 0.717) is 11.8 Å². The molecule has 1 aromatic carbocycles. The molecule has 5 nitrogen and oxygen atoms in total. The van der Waals surface area contributed by atoms with Gasteiger partial charge in [0.2, 0.25) is 5.95 Å². The maximum absolute atomic E-state index is 6.12. The minimum Gasteiger partial charge on any atom is -0.339 e. The molecule has 6 heteroatoms. The van der Waals surface area contributed by atoms with E-state index in [4.69, 9.17) is 11.6 Å². The normalized spacial score (nSPS) is 14.6. The van der Waals surface area contributed by atoms with E-state index in [0.717, 1.165) is 29.4 Å². The molecule has 1 aliphatic heterocycles. The molecule has 0 amide bonds. The SMILES string of the molecule is Cc1c(Cl)cccc1Nc1cnnc(N2CCCC2)n1. The summed E-state index contributed by atoms with van der Waals surface area (Å²) >= 11 is 6.12. The van der Waals surface area contributed by atoms with Crippen LogP contribution in [-0.4, -0.2) is 28.3 Å². The van der Waals surface area contributed by atoms with E-state index >= 15 is 0 Å². The zero-order valence-electron chi connectivity index (χ0n) is 11.3. The minimum atomic E-state index is 0.687. The number of benzene rings is 1. The van der Waals surface area contributed by atoms with Gasteiger partial charge in [0.25, 0.3) is 0 Å². The van der Waals surface area contributed by atoms with Crippen LogP contribution >= 0.6 is 11.6 Å². The fraction of sp³-hybridized carbons (Fsp3) is 0.357. The van der Waals surface area contributed by atoms with Crippen molar-refractivity contribution < 1.29 is 0 Å². The molecule has 1 N–H and O–H groups in total. The molecular formula is C14H16ClN5. The molecule has 0 spiro atoms. The van der Waals surface area contributed by atoms with Crippen LogP contribution in [0.4, 0.5) is 17.5 Å². The summed E-state index contributed by atoms with van der Waals surface area (Å²) in [6.45, 7) is 3.98. The molecule has 3 rings (SSSR count). The Morgan fingerprint density at radius 1 is 1.25 bits per heavy atom. The molecule has 2 aromatic rings. The van der Waals surface area contributed by atoms with Crippen molar-refractivity contribution in [3.63, 3.8) is 0 Å². The van der Waals surface area contributed by atoms with E-state index < -0.39 is 0 Å². The summed E-state index contributed by atoms with van der Waals surface area (Å²) in [5.74, 6) is 1.37. The van der Waals surface area contributed by atoms with Crippen LogP contribution in [0.2, 0.25) is 5.02 Å². The third-order valence-electron chi connectivity index (χ3n) is 3.47. The number of halogens is 1. The van der Waals surface area contributed by atoms with E-state index in [1.165, 1.54) is 12.8 Å². The van der Waals surface area contributed by atoms with Crippen LogP contribution in [0.5, 0.6) is 0 Å². The van der Waals surface area contributed by atoms with Gasteiger partial charge in [-0.25, -0.2) is 0 Å². The fourth-order valence-electron chi connectivity index (χ4n) is 2.29. The highest BCUT2D eigenvalue weighted by Crippen LogP contribution is 2.25. The van der Waals surface area contributed by atoms with Crippen molar-refractivity contribution in [2.45, 2.75) is 19.8 Å². The first kappa shape index (κ1) is 13.1. The molecule has 2 heterocycles. The smallest absolute Gasteiger partial charge is 0.247 e. The number of aromatic nitrogens is 3. The highest BCUT2D eigenvalue weighted by molar-refractivity contribution is 6.31. The zero-order chi connectivity index (χ0) is 13.9. The van der Waals surface area contributed by atoms with Crippen molar-refractivity contribution in [3.05, 3.63) is 35.0 Å². The monoisotopic (exact) mass is 289 g/mol. The molecule has 20 heavy (non-hydrogen) atoms. The molecule has 1 fully saturated rings. The average Bonchev–Trinajstić information content (AvgIpc) is 2.98. The number of hydrogen-bond donors (Lipinski definition) is 1. The second-order valence-corrected chi connectivity index (χ2v) is 5.28. The summed E-state index contributed by atoms with van der Waals surface area (Å²) in [6.07, 6.45) is 4.00. The molecule has 104 valence electrons. The van der Waals surface area contributed by atoms with Crippen LogP contribution in [0, 0.1) is 6.92 Å². The van der Waals surface area contributed by atoms with Crippen LogP contribution in [0.25, 0.3) is 0 Å². The summed E-state index contributed by atoms with van der Waals surface area (Å²) in [6, 6.07) is 5.75. The Labute approximate surface area is 123 Å². The Balaban J connectivity index is 1.83. The lowest BCUT2D eigenvalue weighted by atomic mass is 10.2. The van der Waals surface area contributed by atoms with Gasteiger partial charge in [0, 0.05) is 23.8 Å². The Morgan fingerprint density at radius 2 is 2.05 bits per heavy atom. The van der Waals surface area contributed by atoms with Gasteiger partial charge in [-0.1, -0.05) is 17.7 Å². The molecule has 1 aromatic heterocycles. The standard InChI is InChI=1S/C14H16ClN5/c1-10-11(15)5-4-6-12(10)17-13-9-16-19-14(18-13)20-7-2-3-8-20/h4-6,9H,2-3,7-8H2,1H3,(H,17,18,19). The van der Waals surface area contributed by atoms with Gasteiger partial charge < -0.3 is 10.2 Å². The topological polar surface area (TPSA) is 53.9 Å². The van der Waals surface area contributed by atoms with Crippen molar-refractivity contribution in [3.8, 4) is 0 Å². The number of anilines is 3. The van der Waals surface area contributed by atoms with Gasteiger partial charge in [0.15, 0.2) is 5.82 Å². The molecular weight excluding hydrogens is 274 g/mol. The molecule has 0 saturated carbocycles. The molecule has 0 atom stereocenters. The number of nitrogens with zero attached hydrogens (tertiary/aromatic N) is 4. The number of hydrogen-bond acceptors (Lipinski definition) is 5. The van der Waals surface area contributed by atoms with Crippen LogP contribution in [-0.2, 0) is 0 Å². The van der Waals surface area contributed by atoms with E-state index in [2.05, 4.69) is 25.4 Å². The van der Waals surface area contributed by atoms with Gasteiger partial charge >= 0.3 is 0 Å². The van der Waals surface area contributed by atoms with Crippen molar-refractivity contribution in [2.24, 2.45) is 0 Å². The highest BCUT2D eigenvalue weighted by atomic mass is 35.5. The lowest BCUT2D eigenvalue weighted by Gasteiger charge is -2.15. The quantitative estimate of drug-likeness (QED) is 0.940. The van der Waals surface area contributed by atoms with E-state index in [1.54, 1.807) is 6.20 Å². The summed E-state index contributed by atoms with van der Waals surface area (Å²) in [5, 5.41) is 12.1. The largest absolute Gasteiger partial charge is 0.339 e. The lowest BCUT2D eigenvalue weighted by molar-refractivity contribution is 0.852. The van der Waals surface area contributed by atoms with Gasteiger partial charge in [-0.05, 0) is 37.5 Å². The molecule has 0 bridgehead atoms. The van der Waals surface area contributed by atoms with Gasteiger partial charge in [-0.2, -0.15) is 10.1 Å². The molecule has 0 aliphatic carbocycles. The first-order valence-electron chi connectivity index (χ1n) is 6.71. The Morgan fingerprint density at radius 3 is 2.85 bits per heavy atom. The summed E-state index contributed by atoms with van der Waals surface area (Å²) in [5.41, 5.74) is 1.93. The van der Waals surface area contributed by atoms with Gasteiger partial charge in [-0.15, -0.1) is 5.10 Å². The Bertz CT molecular complexity index is 610. The van der Waals surface area contributed by atoms with Crippen molar-refractivity contribution >= 4 is 29.1 Å². The molecule has 0 unspecified atom stereocenters. The predicted molar refractivity (Wildman–Crippen MR) is 80.7 cm³/mol. The second-order valence-electron chi connectivity index (χ2n) is 4.87. The maximum atomic E-state index is 6.12. The highest BCUT2D eigenvalue weighted by Gasteiger charge is 2.15. The molecule has 0 radical (unpaired) electrons. The summed E-state index contributed by atoms with van der Waals surface area (Å²) in [7, 11) is 0. The molecule has 1 aliphatic rings. The number of nitrogens with one attached hydrogen (secondary N) is 1. The average molecular weight is 290 g/mol. The van der Waals surface area contributed by atoms with Crippen LogP contribution in [0.1, 0.15) is 18.4 Å². The third-order valence-corrected chi connectivity index (χ3v) is 3.88. The van der Waals surface area contributed by atoms with Crippen LogP contribution in [0.15, 0.2) is 24.4 Å². The van der Waals surface area contributed by atoms with E-state index in [1.807, 2.05) is 25.1 Å². The molecule has 1 saturated heterocycles. The zero-order valence-corrected chi connectivity index (χ0v) is 12.1. The second kappa shape index (κ2) is 5.63. The van der Waals surface area contributed by atoms with Crippen molar-refractivity contribution in [1.82, 2.24) is 15.2 Å². The number of rotatable bonds is 3. The fourth-order valence-corrected chi connectivity index (χ4v) is 2.46. The van der Waals surface area contributed by atoms with Crippen molar-refractivity contribution in [1.29, 1.82) is 0 Å². The minimum absolute atomic E-state index is 0.687. The van der Waals surface area contributed by atoms with Gasteiger partial charge in [-0.3, -0.25) is 0 Å². The maximum Gasteiger partial charge on any atom is 0.247 e. The van der Waals surface area contributed by atoms with Gasteiger partial charge in [0.05, 0.1) is 6.20 Å². The lowest BCUT2D eigenvalue weighted by Crippen LogP contribution is -2.21. The van der Waals surface area contributed by atoms with Crippen LogP contribution in [0.3, 0.4) is 0 Å². The summed E-state index contributed by atoms with van der Waals surface area (Å²) in [4.78, 5) is 6.67. The van der Waals surface area contributed by atoms with E-state index in [9.17, 15) is 0 Å². The van der Waals surface area contributed by atoms with E-state index in [-0.39, 0.29) is 0 Å². The first-order valence-corrected chi connectivity index (χ1v) is 7.08. The Kier molecular flexibility index (Phi) is 3.69. The third kappa shape index (κ3) is 2.67. The predicted octanol–water partition coefficient (Wildman–Crippen LogP) is 3.18. The Hall–Kier alpha value is -1.88. The summed E-state index contributed by atoms with van der Waals surface area (Å²) < 4.78 is 0. The van der Waals surface area contributed by atoms with Crippen LogP contribution < -0.4 is 10.2 Å². The first-order chi connectivity index (χ1) is 9.74.